The van der Waals surface area contributed by atoms with Crippen molar-refractivity contribution in [3.05, 3.63) is 29.1 Å². The lowest BCUT2D eigenvalue weighted by atomic mass is 9.83. The fourth-order valence-electron chi connectivity index (χ4n) is 2.47. The van der Waals surface area contributed by atoms with E-state index in [4.69, 9.17) is 4.74 Å². The molecule has 21 heavy (non-hydrogen) atoms. The van der Waals surface area contributed by atoms with Gasteiger partial charge in [0.15, 0.2) is 0 Å². The van der Waals surface area contributed by atoms with Gasteiger partial charge in [-0.15, -0.1) is 0 Å². The summed E-state index contributed by atoms with van der Waals surface area (Å²) in [7, 11) is 1.34. The topological polar surface area (TPSA) is 39.2 Å². The number of fused-ring (bicyclic) bond motifs is 1. The number of aromatic nitrogens is 1. The third-order valence-corrected chi connectivity index (χ3v) is 4.15. The minimum absolute atomic E-state index is 0.0188. The van der Waals surface area contributed by atoms with Crippen molar-refractivity contribution in [1.82, 2.24) is 4.98 Å². The minimum Gasteiger partial charge on any atom is -0.469 e. The quantitative estimate of drug-likeness (QED) is 0.787. The van der Waals surface area contributed by atoms with Crippen LogP contribution >= 0.6 is 0 Å². The Hall–Kier alpha value is -1.59. The molecule has 0 aliphatic heterocycles. The highest BCUT2D eigenvalue weighted by atomic mass is 19.4. The van der Waals surface area contributed by atoms with E-state index in [1.807, 2.05) is 0 Å². The second-order valence-corrected chi connectivity index (χ2v) is 5.89. The molecule has 0 saturated carbocycles. The van der Waals surface area contributed by atoms with E-state index in [1.165, 1.54) is 13.2 Å². The molecule has 0 N–H and O–H groups in total. The monoisotopic (exact) mass is 301 g/mol. The highest BCUT2D eigenvalue weighted by Crippen LogP contribution is 2.40. The number of methoxy groups -OCH3 is 1. The van der Waals surface area contributed by atoms with Gasteiger partial charge in [-0.05, 0) is 44.7 Å². The first kappa shape index (κ1) is 15.8. The molecule has 2 rings (SSSR count). The maximum absolute atomic E-state index is 13.1. The van der Waals surface area contributed by atoms with Gasteiger partial charge < -0.3 is 4.74 Å². The average molecular weight is 301 g/mol. The van der Waals surface area contributed by atoms with Gasteiger partial charge in [-0.1, -0.05) is 6.07 Å². The van der Waals surface area contributed by atoms with Crippen LogP contribution in [0.2, 0.25) is 0 Å². The Morgan fingerprint density at radius 3 is 2.57 bits per heavy atom. The number of esters is 1. The fraction of sp³-hybridized carbons (Fsp3) is 0.600. The van der Waals surface area contributed by atoms with Gasteiger partial charge in [-0.2, -0.15) is 13.2 Å². The summed E-state index contributed by atoms with van der Waals surface area (Å²) in [5, 5.41) is 0. The Morgan fingerprint density at radius 2 is 2.00 bits per heavy atom. The highest BCUT2D eigenvalue weighted by molar-refractivity contribution is 5.73. The Labute approximate surface area is 121 Å². The highest BCUT2D eigenvalue weighted by Gasteiger charge is 2.49. The van der Waals surface area contributed by atoms with E-state index < -0.39 is 11.6 Å². The first-order valence-electron chi connectivity index (χ1n) is 6.80. The van der Waals surface area contributed by atoms with Crippen molar-refractivity contribution in [3.8, 4) is 0 Å². The van der Waals surface area contributed by atoms with Crippen molar-refractivity contribution < 1.29 is 22.7 Å². The number of ether oxygens (including phenoxy) is 1. The molecule has 0 fully saturated rings. The van der Waals surface area contributed by atoms with Crippen LogP contribution in [-0.2, 0) is 27.8 Å². The summed E-state index contributed by atoms with van der Waals surface area (Å²) in [6.07, 6.45) is -2.82. The van der Waals surface area contributed by atoms with Gasteiger partial charge in [0.2, 0.25) is 0 Å². The standard InChI is InChI=1S/C15H18F3NO2/c1-14(2,15(16,17)18)12-7-5-9-8-10(13(20)21-3)4-6-11(9)19-12/h5,7,10H,4,6,8H2,1-3H3. The summed E-state index contributed by atoms with van der Waals surface area (Å²) in [6.45, 7) is 2.25. The number of hydrogen-bond acceptors (Lipinski definition) is 3. The molecule has 1 aromatic rings. The molecule has 1 heterocycles. The Morgan fingerprint density at radius 1 is 1.33 bits per heavy atom. The van der Waals surface area contributed by atoms with E-state index in [0.29, 0.717) is 25.0 Å². The summed E-state index contributed by atoms with van der Waals surface area (Å²) in [6, 6.07) is 3.06. The maximum Gasteiger partial charge on any atom is 0.399 e. The minimum atomic E-state index is -4.35. The normalized spacial score (nSPS) is 19.0. The van der Waals surface area contributed by atoms with Crippen molar-refractivity contribution in [3.63, 3.8) is 0 Å². The number of hydrogen-bond donors (Lipinski definition) is 0. The molecule has 1 atom stereocenters. The van der Waals surface area contributed by atoms with Crippen LogP contribution in [0.4, 0.5) is 13.2 Å². The zero-order valence-electron chi connectivity index (χ0n) is 12.3. The molecule has 1 aliphatic carbocycles. The number of pyridine rings is 1. The summed E-state index contributed by atoms with van der Waals surface area (Å²) < 4.78 is 43.9. The second kappa shape index (κ2) is 5.31. The van der Waals surface area contributed by atoms with Crippen LogP contribution in [0.25, 0.3) is 0 Å². The molecule has 0 spiro atoms. The Bertz CT molecular complexity index is 552. The predicted molar refractivity (Wildman–Crippen MR) is 70.8 cm³/mol. The lowest BCUT2D eigenvalue weighted by Gasteiger charge is -2.29. The van der Waals surface area contributed by atoms with Gasteiger partial charge in [-0.3, -0.25) is 9.78 Å². The molecule has 6 heteroatoms. The van der Waals surface area contributed by atoms with E-state index >= 15 is 0 Å². The fourth-order valence-corrected chi connectivity index (χ4v) is 2.47. The molecule has 0 radical (unpaired) electrons. The van der Waals surface area contributed by atoms with Gasteiger partial charge in [0.1, 0.15) is 5.41 Å². The lowest BCUT2D eigenvalue weighted by Crippen LogP contribution is -2.37. The lowest BCUT2D eigenvalue weighted by molar-refractivity contribution is -0.181. The molecular weight excluding hydrogens is 283 g/mol. The van der Waals surface area contributed by atoms with Crippen LogP contribution in [-0.4, -0.2) is 24.2 Å². The van der Waals surface area contributed by atoms with Gasteiger partial charge in [-0.25, -0.2) is 0 Å². The van der Waals surface area contributed by atoms with Gasteiger partial charge in [0.25, 0.3) is 0 Å². The zero-order valence-corrected chi connectivity index (χ0v) is 12.3. The van der Waals surface area contributed by atoms with E-state index in [0.717, 1.165) is 19.4 Å². The first-order valence-corrected chi connectivity index (χ1v) is 6.80. The van der Waals surface area contributed by atoms with Crippen molar-refractivity contribution in [2.75, 3.05) is 7.11 Å². The number of rotatable bonds is 2. The molecule has 1 unspecified atom stereocenters. The maximum atomic E-state index is 13.1. The van der Waals surface area contributed by atoms with Crippen molar-refractivity contribution >= 4 is 5.97 Å². The van der Waals surface area contributed by atoms with Crippen LogP contribution in [0.1, 0.15) is 37.2 Å². The molecule has 1 aliphatic rings. The van der Waals surface area contributed by atoms with Crippen molar-refractivity contribution in [1.29, 1.82) is 0 Å². The van der Waals surface area contributed by atoms with Crippen LogP contribution < -0.4 is 0 Å². The molecule has 0 amide bonds. The van der Waals surface area contributed by atoms with Gasteiger partial charge in [0.05, 0.1) is 18.7 Å². The van der Waals surface area contributed by atoms with E-state index in [1.54, 1.807) is 6.07 Å². The molecule has 0 bridgehead atoms. The number of halogens is 3. The van der Waals surface area contributed by atoms with E-state index in [2.05, 4.69) is 4.98 Å². The average Bonchev–Trinajstić information content (AvgIpc) is 2.44. The molecule has 0 aromatic carbocycles. The SMILES string of the molecule is COC(=O)C1CCc2nc(C(C)(C)C(F)(F)F)ccc2C1. The number of carbonyl (C=O) groups is 1. The smallest absolute Gasteiger partial charge is 0.399 e. The Balaban J connectivity index is 2.29. The third-order valence-electron chi connectivity index (χ3n) is 4.15. The second-order valence-electron chi connectivity index (χ2n) is 5.89. The summed E-state index contributed by atoms with van der Waals surface area (Å²) >= 11 is 0. The number of carbonyl (C=O) groups excluding carboxylic acids is 1. The summed E-state index contributed by atoms with van der Waals surface area (Å²) in [5.74, 6) is -0.508. The summed E-state index contributed by atoms with van der Waals surface area (Å²) in [5.41, 5.74) is -0.477. The first-order chi connectivity index (χ1) is 9.66. The molecular formula is C15H18F3NO2. The van der Waals surface area contributed by atoms with Crippen LogP contribution in [0.3, 0.4) is 0 Å². The largest absolute Gasteiger partial charge is 0.469 e. The van der Waals surface area contributed by atoms with Crippen molar-refractivity contribution in [2.45, 2.75) is 44.7 Å². The van der Waals surface area contributed by atoms with Crippen LogP contribution in [0, 0.1) is 5.92 Å². The van der Waals surface area contributed by atoms with Gasteiger partial charge in [0, 0.05) is 5.69 Å². The zero-order chi connectivity index (χ0) is 15.8. The number of aryl methyl sites for hydroxylation is 1. The molecule has 1 aromatic heterocycles. The van der Waals surface area contributed by atoms with Crippen molar-refractivity contribution in [2.24, 2.45) is 5.92 Å². The summed E-state index contributed by atoms with van der Waals surface area (Å²) in [4.78, 5) is 15.7. The van der Waals surface area contributed by atoms with Crippen LogP contribution in [0.15, 0.2) is 12.1 Å². The number of alkyl halides is 3. The van der Waals surface area contributed by atoms with E-state index in [-0.39, 0.29) is 17.6 Å². The third kappa shape index (κ3) is 2.89. The molecule has 0 saturated heterocycles. The molecule has 3 nitrogen and oxygen atoms in total. The van der Waals surface area contributed by atoms with Gasteiger partial charge >= 0.3 is 12.1 Å². The number of nitrogens with zero attached hydrogens (tertiary/aromatic N) is 1. The molecule has 116 valence electrons. The van der Waals surface area contributed by atoms with Crippen LogP contribution in [0.5, 0.6) is 0 Å². The Kier molecular flexibility index (Phi) is 4.00. The van der Waals surface area contributed by atoms with E-state index in [9.17, 15) is 18.0 Å². The predicted octanol–water partition coefficient (Wildman–Crippen LogP) is 3.20.